The number of hydrogen-bond acceptors (Lipinski definition) is 11. The minimum Gasteiger partial charge on any atom is -0.394 e. The van der Waals surface area contributed by atoms with Crippen LogP contribution in [0.25, 0.3) is 0 Å². The van der Waals surface area contributed by atoms with Crippen molar-refractivity contribution in [3.05, 3.63) is 179 Å². The minimum atomic E-state index is -1.27. The van der Waals surface area contributed by atoms with Gasteiger partial charge >= 0.3 is 0 Å². The van der Waals surface area contributed by atoms with Crippen LogP contribution in [0.4, 0.5) is 0 Å². The van der Waals surface area contributed by atoms with Crippen LogP contribution in [0.5, 0.6) is 0 Å². The van der Waals surface area contributed by atoms with Crippen molar-refractivity contribution in [2.24, 2.45) is 0 Å². The van der Waals surface area contributed by atoms with E-state index in [1.807, 2.05) is 152 Å². The predicted octanol–water partition coefficient (Wildman–Crippen LogP) is 5.73. The Labute approximate surface area is 339 Å². The van der Waals surface area contributed by atoms with Gasteiger partial charge in [-0.3, -0.25) is 0 Å². The van der Waals surface area contributed by atoms with Gasteiger partial charge in [0.1, 0.15) is 48.8 Å². The van der Waals surface area contributed by atoms with Crippen molar-refractivity contribution < 1.29 is 53.2 Å². The van der Waals surface area contributed by atoms with Crippen LogP contribution in [0.15, 0.2) is 152 Å². The van der Waals surface area contributed by atoms with Crippen LogP contribution in [0.2, 0.25) is 0 Å². The standard InChI is InChI=1S/C47H52O11/c48-26-38-40(50)42(51-28-33-16-6-1-7-17-33)44(53-30-35-20-10-3-11-21-35)47(56-38)58-41-39(27-49)57-46(55-32-37-24-14-5-15-25-37)45(54-31-36-22-12-4-13-23-36)43(41)52-29-34-18-8-2-9-19-34/h1-25,38-50H,26-32H2/t38-,39-,40-,41-,42+,43+,44-,45-,46-,47-/m1/s1. The van der Waals surface area contributed by atoms with E-state index in [1.54, 1.807) is 0 Å². The average molecular weight is 793 g/mol. The van der Waals surface area contributed by atoms with Crippen molar-refractivity contribution in [3.8, 4) is 0 Å². The largest absolute Gasteiger partial charge is 0.394 e. The first-order valence-corrected chi connectivity index (χ1v) is 19.7. The average Bonchev–Trinajstić information content (AvgIpc) is 3.28. The maximum absolute atomic E-state index is 11.6. The summed E-state index contributed by atoms with van der Waals surface area (Å²) in [6.45, 7) is -0.0815. The van der Waals surface area contributed by atoms with Crippen molar-refractivity contribution in [3.63, 3.8) is 0 Å². The smallest absolute Gasteiger partial charge is 0.187 e. The van der Waals surface area contributed by atoms with E-state index in [0.717, 1.165) is 27.8 Å². The first-order valence-electron chi connectivity index (χ1n) is 19.7. The summed E-state index contributed by atoms with van der Waals surface area (Å²) in [6.07, 6.45) is -10.3. The van der Waals surface area contributed by atoms with Gasteiger partial charge in [-0.05, 0) is 27.8 Å². The second-order valence-corrected chi connectivity index (χ2v) is 14.4. The Kier molecular flexibility index (Phi) is 15.6. The molecule has 2 aliphatic heterocycles. The van der Waals surface area contributed by atoms with Gasteiger partial charge in [0, 0.05) is 0 Å². The highest BCUT2D eigenvalue weighted by atomic mass is 16.8. The molecule has 11 nitrogen and oxygen atoms in total. The van der Waals surface area contributed by atoms with Gasteiger partial charge in [0.15, 0.2) is 12.6 Å². The Hall–Kier alpha value is -4.34. The fraction of sp³-hybridized carbons (Fsp3) is 0.362. The number of aliphatic hydroxyl groups excluding tert-OH is 3. The van der Waals surface area contributed by atoms with Gasteiger partial charge < -0.3 is 53.2 Å². The summed E-state index contributed by atoms with van der Waals surface area (Å²) in [7, 11) is 0. The molecule has 0 amide bonds. The quantitative estimate of drug-likeness (QED) is 0.0948. The Morgan fingerprint density at radius 2 is 0.690 bits per heavy atom. The summed E-state index contributed by atoms with van der Waals surface area (Å²) in [5.41, 5.74) is 4.53. The van der Waals surface area contributed by atoms with E-state index >= 15 is 0 Å². The van der Waals surface area contributed by atoms with Gasteiger partial charge in [-0.1, -0.05) is 152 Å². The molecule has 0 aromatic heterocycles. The summed E-state index contributed by atoms with van der Waals surface area (Å²) in [5, 5.41) is 33.1. The highest BCUT2D eigenvalue weighted by Crippen LogP contribution is 2.35. The monoisotopic (exact) mass is 792 g/mol. The van der Waals surface area contributed by atoms with Crippen molar-refractivity contribution in [2.75, 3.05) is 13.2 Å². The maximum Gasteiger partial charge on any atom is 0.187 e. The van der Waals surface area contributed by atoms with Crippen molar-refractivity contribution in [1.29, 1.82) is 0 Å². The zero-order valence-electron chi connectivity index (χ0n) is 32.3. The van der Waals surface area contributed by atoms with Gasteiger partial charge in [-0.2, -0.15) is 0 Å². The highest BCUT2D eigenvalue weighted by molar-refractivity contribution is 5.17. The van der Waals surface area contributed by atoms with Gasteiger partial charge in [0.2, 0.25) is 0 Å². The second-order valence-electron chi connectivity index (χ2n) is 14.4. The Morgan fingerprint density at radius 3 is 1.09 bits per heavy atom. The Bertz CT molecular complexity index is 1870. The number of aliphatic hydroxyl groups is 3. The first kappa shape index (κ1) is 41.8. The lowest BCUT2D eigenvalue weighted by atomic mass is 9.96. The lowest BCUT2D eigenvalue weighted by molar-refractivity contribution is -0.375. The molecule has 11 heteroatoms. The molecule has 306 valence electrons. The van der Waals surface area contributed by atoms with Gasteiger partial charge in [0.25, 0.3) is 0 Å². The summed E-state index contributed by atoms with van der Waals surface area (Å²) in [5.74, 6) is 0. The fourth-order valence-electron chi connectivity index (χ4n) is 7.18. The van der Waals surface area contributed by atoms with E-state index in [9.17, 15) is 15.3 Å². The third-order valence-electron chi connectivity index (χ3n) is 10.3. The third kappa shape index (κ3) is 11.2. The SMILES string of the molecule is OC[C@H]1O[C@H](O[C@H]2[C@H](OCc3ccccc3)[C@@H](OCc3ccccc3)[C@H](OCc3ccccc3)O[C@@H]2CO)[C@H](OCc2ccccc2)[C@@H](OCc2ccccc2)[C@@H]1O. The van der Waals surface area contributed by atoms with E-state index in [0.29, 0.717) is 0 Å². The van der Waals surface area contributed by atoms with Gasteiger partial charge in [-0.15, -0.1) is 0 Å². The minimum absolute atomic E-state index is 0.146. The maximum atomic E-state index is 11.6. The number of hydrogen-bond donors (Lipinski definition) is 3. The Morgan fingerprint density at radius 1 is 0.362 bits per heavy atom. The molecular weight excluding hydrogens is 741 g/mol. The van der Waals surface area contributed by atoms with E-state index in [2.05, 4.69) is 0 Å². The molecule has 10 atom stereocenters. The molecule has 0 spiro atoms. The zero-order chi connectivity index (χ0) is 39.9. The molecule has 2 saturated heterocycles. The van der Waals surface area contributed by atoms with Crippen LogP contribution in [0.1, 0.15) is 27.8 Å². The van der Waals surface area contributed by atoms with Crippen LogP contribution in [0, 0.1) is 0 Å². The summed E-state index contributed by atoms with van der Waals surface area (Å²) in [6, 6.07) is 48.4. The molecule has 0 bridgehead atoms. The van der Waals surface area contributed by atoms with Crippen molar-refractivity contribution in [1.82, 2.24) is 0 Å². The normalized spacial score (nSPS) is 27.3. The molecule has 0 aliphatic carbocycles. The third-order valence-corrected chi connectivity index (χ3v) is 10.3. The molecule has 2 fully saturated rings. The van der Waals surface area contributed by atoms with E-state index in [-0.39, 0.29) is 33.0 Å². The van der Waals surface area contributed by atoms with Crippen LogP contribution in [0.3, 0.4) is 0 Å². The molecule has 5 aromatic carbocycles. The van der Waals surface area contributed by atoms with Crippen molar-refractivity contribution >= 4 is 0 Å². The Balaban J connectivity index is 1.22. The summed E-state index contributed by atoms with van der Waals surface area (Å²) >= 11 is 0. The number of rotatable bonds is 19. The molecule has 58 heavy (non-hydrogen) atoms. The van der Waals surface area contributed by atoms with Crippen LogP contribution < -0.4 is 0 Å². The van der Waals surface area contributed by atoms with Gasteiger partial charge in [0.05, 0.1) is 46.2 Å². The first-order chi connectivity index (χ1) is 28.6. The van der Waals surface area contributed by atoms with E-state index in [4.69, 9.17) is 37.9 Å². The molecule has 0 saturated carbocycles. The molecule has 2 heterocycles. The van der Waals surface area contributed by atoms with Crippen LogP contribution in [-0.2, 0) is 70.9 Å². The van der Waals surface area contributed by atoms with Crippen LogP contribution >= 0.6 is 0 Å². The summed E-state index contributed by atoms with van der Waals surface area (Å²) in [4.78, 5) is 0. The van der Waals surface area contributed by atoms with Crippen molar-refractivity contribution in [2.45, 2.75) is 94.4 Å². The molecule has 0 unspecified atom stereocenters. The fourth-order valence-corrected chi connectivity index (χ4v) is 7.18. The highest BCUT2D eigenvalue weighted by Gasteiger charge is 2.53. The lowest BCUT2D eigenvalue weighted by Crippen LogP contribution is -2.66. The molecule has 2 aliphatic rings. The topological polar surface area (TPSA) is 135 Å². The molecule has 7 rings (SSSR count). The van der Waals surface area contributed by atoms with Gasteiger partial charge in [-0.25, -0.2) is 0 Å². The molecule has 5 aromatic rings. The van der Waals surface area contributed by atoms with E-state index in [1.165, 1.54) is 0 Å². The molecule has 3 N–H and O–H groups in total. The second kappa shape index (κ2) is 21.6. The molecule has 0 radical (unpaired) electrons. The lowest BCUT2D eigenvalue weighted by Gasteiger charge is -2.49. The van der Waals surface area contributed by atoms with Crippen LogP contribution in [-0.4, -0.2) is 89.9 Å². The van der Waals surface area contributed by atoms with E-state index < -0.39 is 74.6 Å². The number of benzene rings is 5. The predicted molar refractivity (Wildman–Crippen MR) is 214 cm³/mol. The number of ether oxygens (including phenoxy) is 8. The molecular formula is C47H52O11. The zero-order valence-corrected chi connectivity index (χ0v) is 32.3. The summed E-state index contributed by atoms with van der Waals surface area (Å²) < 4.78 is 52.6.